The van der Waals surface area contributed by atoms with Crippen LogP contribution in [-0.4, -0.2) is 45.3 Å². The summed E-state index contributed by atoms with van der Waals surface area (Å²) in [5, 5.41) is 14.8. The number of hydrogen-bond acceptors (Lipinski definition) is 5. The molecule has 1 aromatic carbocycles. The highest BCUT2D eigenvalue weighted by Gasteiger charge is 2.35. The summed E-state index contributed by atoms with van der Waals surface area (Å²) in [5.41, 5.74) is 0.423. The molecule has 1 aromatic heterocycles. The summed E-state index contributed by atoms with van der Waals surface area (Å²) in [5.74, 6) is -0.116. The molecule has 2 heterocycles. The predicted molar refractivity (Wildman–Crippen MR) is 114 cm³/mol. The van der Waals surface area contributed by atoms with E-state index in [1.54, 1.807) is 6.20 Å². The highest BCUT2D eigenvalue weighted by Crippen LogP contribution is 2.44. The first-order chi connectivity index (χ1) is 13.2. The quantitative estimate of drug-likeness (QED) is 0.747. The van der Waals surface area contributed by atoms with Gasteiger partial charge in [0.15, 0.2) is 5.69 Å². The fourth-order valence-electron chi connectivity index (χ4n) is 4.04. The summed E-state index contributed by atoms with van der Waals surface area (Å²) in [4.78, 5) is 13.9. The predicted octanol–water partition coefficient (Wildman–Crippen LogP) is 3.46. The zero-order chi connectivity index (χ0) is 18.5. The van der Waals surface area contributed by atoms with E-state index in [-0.39, 0.29) is 23.1 Å². The minimum Gasteiger partial charge on any atom is -0.349 e. The maximum absolute atomic E-state index is 12.6. The Labute approximate surface area is 176 Å². The smallest absolute Gasteiger partial charge is 0.273 e. The second-order valence-electron chi connectivity index (χ2n) is 7.55. The van der Waals surface area contributed by atoms with Gasteiger partial charge in [-0.2, -0.15) is 0 Å². The molecule has 0 atom stereocenters. The van der Waals surface area contributed by atoms with E-state index in [4.69, 9.17) is 0 Å². The van der Waals surface area contributed by atoms with E-state index in [0.29, 0.717) is 18.3 Å². The third-order valence-corrected chi connectivity index (χ3v) is 7.08. The Bertz CT molecular complexity index is 757. The van der Waals surface area contributed by atoms with Crippen LogP contribution in [0.2, 0.25) is 0 Å². The Balaban J connectivity index is 0.00000225. The summed E-state index contributed by atoms with van der Waals surface area (Å²) in [6.45, 7) is 2.65. The summed E-state index contributed by atoms with van der Waals surface area (Å²) >= 11 is 1.90. The van der Waals surface area contributed by atoms with Crippen molar-refractivity contribution < 1.29 is 4.79 Å². The molecule has 2 aliphatic rings. The van der Waals surface area contributed by atoms with Crippen LogP contribution >= 0.6 is 24.2 Å². The number of benzene rings is 1. The highest BCUT2D eigenvalue weighted by molar-refractivity contribution is 8.00. The molecule has 2 fully saturated rings. The van der Waals surface area contributed by atoms with Crippen molar-refractivity contribution in [1.82, 2.24) is 25.6 Å². The lowest BCUT2D eigenvalue weighted by Crippen LogP contribution is -2.38. The van der Waals surface area contributed by atoms with Crippen LogP contribution in [0.4, 0.5) is 0 Å². The lowest BCUT2D eigenvalue weighted by Gasteiger charge is -2.28. The van der Waals surface area contributed by atoms with Gasteiger partial charge in [-0.15, -0.1) is 29.3 Å². The van der Waals surface area contributed by atoms with Crippen molar-refractivity contribution in [2.45, 2.75) is 54.2 Å². The van der Waals surface area contributed by atoms with E-state index in [1.165, 1.54) is 17.7 Å². The van der Waals surface area contributed by atoms with Crippen LogP contribution in [0.5, 0.6) is 0 Å². The van der Waals surface area contributed by atoms with Gasteiger partial charge in [0.05, 0.1) is 12.2 Å². The number of aromatic nitrogens is 3. The van der Waals surface area contributed by atoms with Gasteiger partial charge in [0.25, 0.3) is 5.91 Å². The Morgan fingerprint density at radius 3 is 2.64 bits per heavy atom. The molecule has 4 rings (SSSR count). The van der Waals surface area contributed by atoms with Crippen molar-refractivity contribution in [3.05, 3.63) is 42.2 Å². The number of thioether (sulfide) groups is 1. The summed E-state index contributed by atoms with van der Waals surface area (Å²) in [6, 6.07) is 10.8. The van der Waals surface area contributed by atoms with Gasteiger partial charge in [0, 0.05) is 16.2 Å². The maximum Gasteiger partial charge on any atom is 0.273 e. The molecule has 1 saturated heterocycles. The van der Waals surface area contributed by atoms with Gasteiger partial charge in [-0.1, -0.05) is 36.3 Å². The molecular formula is C20H28ClN5OS. The molecule has 0 unspecified atom stereocenters. The number of carbonyl (C=O) groups excluding carboxylic acids is 1. The summed E-state index contributed by atoms with van der Waals surface area (Å²) in [6.07, 6.45) is 8.58. The molecule has 1 aliphatic carbocycles. The Kier molecular flexibility index (Phi) is 7.37. The fraction of sp³-hybridized carbons (Fsp3) is 0.550. The summed E-state index contributed by atoms with van der Waals surface area (Å²) < 4.78 is 1.95. The molecular weight excluding hydrogens is 394 g/mol. The van der Waals surface area contributed by atoms with Gasteiger partial charge in [-0.3, -0.25) is 4.79 Å². The molecule has 2 aromatic rings. The second kappa shape index (κ2) is 9.76. The lowest BCUT2D eigenvalue weighted by atomic mass is 10.1. The number of rotatable bonds is 6. The number of hydrogen-bond donors (Lipinski definition) is 2. The van der Waals surface area contributed by atoms with E-state index in [1.807, 2.05) is 22.5 Å². The maximum atomic E-state index is 12.6. The average Bonchev–Trinajstić information content (AvgIpc) is 3.38. The number of nitrogens with one attached hydrogen (secondary N) is 2. The first kappa shape index (κ1) is 21.1. The number of carbonyl (C=O) groups is 1. The van der Waals surface area contributed by atoms with Crippen LogP contribution < -0.4 is 10.6 Å². The molecule has 8 heteroatoms. The van der Waals surface area contributed by atoms with E-state index in [9.17, 15) is 4.79 Å². The molecule has 0 radical (unpaired) electrons. The van der Waals surface area contributed by atoms with E-state index in [2.05, 4.69) is 45.2 Å². The topological polar surface area (TPSA) is 71.8 Å². The van der Waals surface area contributed by atoms with Crippen molar-refractivity contribution in [2.75, 3.05) is 19.6 Å². The van der Waals surface area contributed by atoms with Crippen molar-refractivity contribution in [3.8, 4) is 0 Å². The number of nitrogens with zero attached hydrogens (tertiary/aromatic N) is 3. The van der Waals surface area contributed by atoms with Crippen molar-refractivity contribution in [1.29, 1.82) is 0 Å². The zero-order valence-electron chi connectivity index (χ0n) is 16.0. The standard InChI is InChI=1S/C20H27N5OS.ClH/c26-19(18-14-25(24-23-18)16-8-12-21-13-9-16)22-15-20(10-4-5-11-20)27-17-6-2-1-3-7-17;/h1-3,6-7,14,16,21H,4-5,8-13,15H2,(H,22,26);1H. The molecule has 2 N–H and O–H groups in total. The summed E-state index contributed by atoms with van der Waals surface area (Å²) in [7, 11) is 0. The molecule has 28 heavy (non-hydrogen) atoms. The van der Waals surface area contributed by atoms with Gasteiger partial charge in [0.1, 0.15) is 0 Å². The molecule has 1 saturated carbocycles. The number of amides is 1. The van der Waals surface area contributed by atoms with Crippen molar-refractivity contribution >= 4 is 30.1 Å². The normalized spacial score (nSPS) is 19.1. The number of piperidine rings is 1. The lowest BCUT2D eigenvalue weighted by molar-refractivity contribution is 0.0944. The van der Waals surface area contributed by atoms with Crippen LogP contribution in [-0.2, 0) is 0 Å². The monoisotopic (exact) mass is 421 g/mol. The Morgan fingerprint density at radius 1 is 1.21 bits per heavy atom. The van der Waals surface area contributed by atoms with Gasteiger partial charge in [-0.05, 0) is 50.9 Å². The molecule has 0 spiro atoms. The second-order valence-corrected chi connectivity index (χ2v) is 9.09. The minimum atomic E-state index is -0.116. The van der Waals surface area contributed by atoms with Crippen molar-refractivity contribution in [2.24, 2.45) is 0 Å². The SMILES string of the molecule is Cl.O=C(NCC1(Sc2ccccc2)CCCC1)c1cn(C2CCNCC2)nn1. The Hall–Kier alpha value is -1.57. The third kappa shape index (κ3) is 5.07. The molecule has 152 valence electrons. The molecule has 1 aliphatic heterocycles. The van der Waals surface area contributed by atoms with Gasteiger partial charge >= 0.3 is 0 Å². The van der Waals surface area contributed by atoms with E-state index < -0.39 is 0 Å². The Morgan fingerprint density at radius 2 is 1.93 bits per heavy atom. The van der Waals surface area contributed by atoms with Crippen LogP contribution in [0.1, 0.15) is 55.1 Å². The third-order valence-electron chi connectivity index (χ3n) is 5.59. The van der Waals surface area contributed by atoms with E-state index >= 15 is 0 Å². The van der Waals surface area contributed by atoms with Crippen LogP contribution in [0.3, 0.4) is 0 Å². The fourth-order valence-corrected chi connectivity index (χ4v) is 5.47. The molecule has 1 amide bonds. The molecule has 6 nitrogen and oxygen atoms in total. The zero-order valence-corrected chi connectivity index (χ0v) is 17.6. The van der Waals surface area contributed by atoms with Crippen LogP contribution in [0.15, 0.2) is 41.4 Å². The minimum absolute atomic E-state index is 0. The average molecular weight is 422 g/mol. The first-order valence-corrected chi connectivity index (χ1v) is 10.7. The van der Waals surface area contributed by atoms with Crippen LogP contribution in [0, 0.1) is 0 Å². The first-order valence-electron chi connectivity index (χ1n) is 9.89. The van der Waals surface area contributed by atoms with Crippen molar-refractivity contribution in [3.63, 3.8) is 0 Å². The highest BCUT2D eigenvalue weighted by atomic mass is 35.5. The van der Waals surface area contributed by atoms with Crippen LogP contribution in [0.25, 0.3) is 0 Å². The molecule has 0 bridgehead atoms. The number of halogens is 1. The van der Waals surface area contributed by atoms with Gasteiger partial charge in [-0.25, -0.2) is 4.68 Å². The van der Waals surface area contributed by atoms with Gasteiger partial charge < -0.3 is 10.6 Å². The van der Waals surface area contributed by atoms with Gasteiger partial charge in [0.2, 0.25) is 0 Å². The van der Waals surface area contributed by atoms with E-state index in [0.717, 1.165) is 38.8 Å². The largest absolute Gasteiger partial charge is 0.349 e.